The van der Waals surface area contributed by atoms with E-state index >= 15 is 0 Å². The number of rotatable bonds is 5. The maximum atomic E-state index is 12.0. The van der Waals surface area contributed by atoms with Crippen molar-refractivity contribution in [3.8, 4) is 0 Å². The normalized spacial score (nSPS) is 18.1. The summed E-state index contributed by atoms with van der Waals surface area (Å²) >= 11 is 0. The Balaban J connectivity index is 0.00000200. The first-order valence-electron chi connectivity index (χ1n) is 6.98. The molecule has 20 heavy (non-hydrogen) atoms. The van der Waals surface area contributed by atoms with Gasteiger partial charge >= 0.3 is 0 Å². The third-order valence-electron chi connectivity index (χ3n) is 3.24. The average molecular weight is 299 g/mol. The summed E-state index contributed by atoms with van der Waals surface area (Å²) in [5, 5.41) is 6.30. The Kier molecular flexibility index (Phi) is 7.59. The summed E-state index contributed by atoms with van der Waals surface area (Å²) in [6, 6.07) is 8.13. The van der Waals surface area contributed by atoms with Crippen molar-refractivity contribution < 1.29 is 9.53 Å². The number of amides is 1. The molecular weight excluding hydrogens is 276 g/mol. The van der Waals surface area contributed by atoms with Crippen LogP contribution in [0.5, 0.6) is 0 Å². The fourth-order valence-corrected chi connectivity index (χ4v) is 2.31. The van der Waals surface area contributed by atoms with Crippen molar-refractivity contribution >= 4 is 24.0 Å². The molecule has 1 heterocycles. The fraction of sp³-hybridized carbons (Fsp3) is 0.533. The number of hydrogen-bond donors (Lipinski definition) is 2. The van der Waals surface area contributed by atoms with E-state index in [0.717, 1.165) is 31.7 Å². The van der Waals surface area contributed by atoms with Crippen molar-refractivity contribution in [3.63, 3.8) is 0 Å². The van der Waals surface area contributed by atoms with E-state index in [9.17, 15) is 4.79 Å². The summed E-state index contributed by atoms with van der Waals surface area (Å²) in [4.78, 5) is 12.0. The zero-order valence-corrected chi connectivity index (χ0v) is 12.7. The predicted octanol–water partition coefficient (Wildman–Crippen LogP) is 2.38. The Morgan fingerprint density at radius 1 is 1.45 bits per heavy atom. The van der Waals surface area contributed by atoms with Crippen LogP contribution < -0.4 is 10.6 Å². The molecule has 0 bridgehead atoms. The van der Waals surface area contributed by atoms with Gasteiger partial charge in [0.05, 0.1) is 13.2 Å². The van der Waals surface area contributed by atoms with Gasteiger partial charge in [-0.1, -0.05) is 31.5 Å². The molecule has 1 unspecified atom stereocenters. The third kappa shape index (κ3) is 5.12. The van der Waals surface area contributed by atoms with E-state index in [1.165, 1.54) is 5.56 Å². The maximum absolute atomic E-state index is 12.0. The molecular formula is C15H23ClN2O2. The van der Waals surface area contributed by atoms with E-state index in [2.05, 4.69) is 23.6 Å². The maximum Gasteiger partial charge on any atom is 0.226 e. The number of carbonyl (C=O) groups excluding carboxylic acids is 1. The lowest BCUT2D eigenvalue weighted by atomic mass is 10.1. The molecule has 2 N–H and O–H groups in total. The van der Waals surface area contributed by atoms with Crippen LogP contribution in [0.4, 0.5) is 5.69 Å². The molecule has 2 rings (SSSR count). The first-order chi connectivity index (χ1) is 9.29. The molecule has 0 aromatic heterocycles. The van der Waals surface area contributed by atoms with E-state index in [4.69, 9.17) is 4.74 Å². The molecule has 112 valence electrons. The minimum absolute atomic E-state index is 0. The molecule has 0 saturated carbocycles. The van der Waals surface area contributed by atoms with Crippen molar-refractivity contribution in [2.24, 2.45) is 0 Å². The molecule has 0 spiro atoms. The van der Waals surface area contributed by atoms with Crippen LogP contribution in [0.3, 0.4) is 0 Å². The Morgan fingerprint density at radius 3 is 2.95 bits per heavy atom. The first kappa shape index (κ1) is 17.0. The average Bonchev–Trinajstić information content (AvgIpc) is 2.42. The van der Waals surface area contributed by atoms with E-state index < -0.39 is 0 Å². The SMILES string of the molecule is CCCc1ccccc1NC(=O)CC1COCCN1.Cl. The van der Waals surface area contributed by atoms with Crippen molar-refractivity contribution in [2.75, 3.05) is 25.1 Å². The van der Waals surface area contributed by atoms with Crippen LogP contribution in [0.15, 0.2) is 24.3 Å². The lowest BCUT2D eigenvalue weighted by molar-refractivity contribution is -0.117. The number of carbonyl (C=O) groups is 1. The van der Waals surface area contributed by atoms with Gasteiger partial charge in [-0.3, -0.25) is 4.79 Å². The number of anilines is 1. The number of hydrogen-bond acceptors (Lipinski definition) is 3. The van der Waals surface area contributed by atoms with Gasteiger partial charge in [0, 0.05) is 24.7 Å². The number of morpholine rings is 1. The van der Waals surface area contributed by atoms with Crippen LogP contribution in [0.25, 0.3) is 0 Å². The number of nitrogens with one attached hydrogen (secondary N) is 2. The molecule has 4 nitrogen and oxygen atoms in total. The fourth-order valence-electron chi connectivity index (χ4n) is 2.31. The van der Waals surface area contributed by atoms with Crippen molar-refractivity contribution in [3.05, 3.63) is 29.8 Å². The summed E-state index contributed by atoms with van der Waals surface area (Å²) < 4.78 is 5.35. The van der Waals surface area contributed by atoms with Gasteiger partial charge in [-0.2, -0.15) is 0 Å². The quantitative estimate of drug-likeness (QED) is 0.877. The Bertz CT molecular complexity index is 420. The standard InChI is InChI=1S/C15H22N2O2.ClH/c1-2-5-12-6-3-4-7-14(12)17-15(18)10-13-11-19-9-8-16-13;/h3-4,6-7,13,16H,2,5,8-11H2,1H3,(H,17,18);1H. The van der Waals surface area contributed by atoms with Crippen LogP contribution in [0.1, 0.15) is 25.3 Å². The van der Waals surface area contributed by atoms with Gasteiger partial charge in [-0.05, 0) is 18.1 Å². The molecule has 5 heteroatoms. The highest BCUT2D eigenvalue weighted by Crippen LogP contribution is 2.17. The minimum Gasteiger partial charge on any atom is -0.378 e. The van der Waals surface area contributed by atoms with Crippen molar-refractivity contribution in [1.29, 1.82) is 0 Å². The summed E-state index contributed by atoms with van der Waals surface area (Å²) in [6.07, 6.45) is 2.52. The van der Waals surface area contributed by atoms with E-state index in [0.29, 0.717) is 13.0 Å². The monoisotopic (exact) mass is 298 g/mol. The molecule has 1 aromatic rings. The second-order valence-electron chi connectivity index (χ2n) is 4.89. The molecule has 1 atom stereocenters. The molecule has 0 aliphatic carbocycles. The van der Waals surface area contributed by atoms with Gasteiger partial charge < -0.3 is 15.4 Å². The van der Waals surface area contributed by atoms with Gasteiger partial charge in [-0.15, -0.1) is 12.4 Å². The van der Waals surface area contributed by atoms with Gasteiger partial charge in [0.25, 0.3) is 0 Å². The summed E-state index contributed by atoms with van der Waals surface area (Å²) in [5.41, 5.74) is 2.14. The lowest BCUT2D eigenvalue weighted by Gasteiger charge is -2.23. The Labute approximate surface area is 126 Å². The van der Waals surface area contributed by atoms with Crippen molar-refractivity contribution in [1.82, 2.24) is 5.32 Å². The zero-order valence-electron chi connectivity index (χ0n) is 11.9. The molecule has 1 aliphatic heterocycles. The molecule has 1 aliphatic rings. The van der Waals surface area contributed by atoms with Gasteiger partial charge in [0.2, 0.25) is 5.91 Å². The van der Waals surface area contributed by atoms with Crippen LogP contribution in [-0.4, -0.2) is 31.7 Å². The largest absolute Gasteiger partial charge is 0.378 e. The molecule has 1 fully saturated rings. The van der Waals surface area contributed by atoms with Crippen LogP contribution >= 0.6 is 12.4 Å². The van der Waals surface area contributed by atoms with Gasteiger partial charge in [0.1, 0.15) is 0 Å². The molecule has 1 aromatic carbocycles. The molecule has 0 radical (unpaired) electrons. The highest BCUT2D eigenvalue weighted by Gasteiger charge is 2.17. The van der Waals surface area contributed by atoms with Gasteiger partial charge in [0.15, 0.2) is 0 Å². The summed E-state index contributed by atoms with van der Waals surface area (Å²) in [7, 11) is 0. The summed E-state index contributed by atoms with van der Waals surface area (Å²) in [5.74, 6) is 0.0477. The minimum atomic E-state index is 0. The second kappa shape index (κ2) is 8.95. The number of halogens is 1. The highest BCUT2D eigenvalue weighted by atomic mass is 35.5. The third-order valence-corrected chi connectivity index (χ3v) is 3.24. The predicted molar refractivity (Wildman–Crippen MR) is 83.5 cm³/mol. The Morgan fingerprint density at radius 2 is 2.25 bits per heavy atom. The van der Waals surface area contributed by atoms with Crippen molar-refractivity contribution in [2.45, 2.75) is 32.2 Å². The van der Waals surface area contributed by atoms with Crippen LogP contribution in [0.2, 0.25) is 0 Å². The van der Waals surface area contributed by atoms with E-state index in [-0.39, 0.29) is 24.4 Å². The lowest BCUT2D eigenvalue weighted by Crippen LogP contribution is -2.43. The topological polar surface area (TPSA) is 50.4 Å². The number of para-hydroxylation sites is 1. The van der Waals surface area contributed by atoms with Gasteiger partial charge in [-0.25, -0.2) is 0 Å². The smallest absolute Gasteiger partial charge is 0.226 e. The molecule has 1 amide bonds. The summed E-state index contributed by atoms with van der Waals surface area (Å²) in [6.45, 7) is 4.31. The number of ether oxygens (including phenoxy) is 1. The highest BCUT2D eigenvalue weighted by molar-refractivity contribution is 5.91. The zero-order chi connectivity index (χ0) is 13.5. The number of benzene rings is 1. The van der Waals surface area contributed by atoms with E-state index in [1.807, 2.05) is 18.2 Å². The second-order valence-corrected chi connectivity index (χ2v) is 4.89. The van der Waals surface area contributed by atoms with Crippen LogP contribution in [-0.2, 0) is 16.0 Å². The molecule has 1 saturated heterocycles. The Hall–Kier alpha value is -1.10. The first-order valence-corrected chi connectivity index (χ1v) is 6.98. The van der Waals surface area contributed by atoms with E-state index in [1.54, 1.807) is 0 Å². The van der Waals surface area contributed by atoms with Crippen LogP contribution in [0, 0.1) is 0 Å². The number of aryl methyl sites for hydroxylation is 1.